The standard InChI is InChI=1S/C16H18N4S/c1-4-7-18-15-13-10(2)11(3)21-16(13)20-14(19-15)12-5-8-17-9-6-12/h5-6,8-9H,4,7H2,1-3H3,(H,18,19,20). The number of nitrogens with one attached hydrogen (secondary N) is 1. The quantitative estimate of drug-likeness (QED) is 0.784. The minimum Gasteiger partial charge on any atom is -0.369 e. The smallest absolute Gasteiger partial charge is 0.163 e. The van der Waals surface area contributed by atoms with Gasteiger partial charge in [-0.2, -0.15) is 0 Å². The lowest BCUT2D eigenvalue weighted by Gasteiger charge is -2.09. The molecule has 3 rings (SSSR count). The maximum atomic E-state index is 4.74. The van der Waals surface area contributed by atoms with E-state index in [4.69, 9.17) is 9.97 Å². The molecule has 21 heavy (non-hydrogen) atoms. The van der Waals surface area contributed by atoms with E-state index in [0.717, 1.165) is 40.4 Å². The molecule has 0 aliphatic rings. The molecular weight excluding hydrogens is 280 g/mol. The van der Waals surface area contributed by atoms with Crippen LogP contribution in [-0.4, -0.2) is 21.5 Å². The van der Waals surface area contributed by atoms with E-state index in [2.05, 4.69) is 31.1 Å². The maximum absolute atomic E-state index is 4.74. The van der Waals surface area contributed by atoms with Crippen molar-refractivity contribution in [3.05, 3.63) is 35.0 Å². The number of anilines is 1. The van der Waals surface area contributed by atoms with Crippen molar-refractivity contribution in [2.24, 2.45) is 0 Å². The molecule has 0 spiro atoms. The number of hydrogen-bond donors (Lipinski definition) is 1. The zero-order valence-corrected chi connectivity index (χ0v) is 13.3. The van der Waals surface area contributed by atoms with Crippen molar-refractivity contribution < 1.29 is 0 Å². The molecule has 4 nitrogen and oxygen atoms in total. The van der Waals surface area contributed by atoms with Gasteiger partial charge in [-0.1, -0.05) is 6.92 Å². The zero-order chi connectivity index (χ0) is 14.8. The first-order chi connectivity index (χ1) is 10.2. The molecular formula is C16H18N4S. The van der Waals surface area contributed by atoms with E-state index in [-0.39, 0.29) is 0 Å². The van der Waals surface area contributed by atoms with Crippen molar-refractivity contribution in [1.82, 2.24) is 15.0 Å². The summed E-state index contributed by atoms with van der Waals surface area (Å²) in [6.45, 7) is 7.34. The zero-order valence-electron chi connectivity index (χ0n) is 12.5. The van der Waals surface area contributed by atoms with Crippen molar-refractivity contribution >= 4 is 27.4 Å². The SMILES string of the molecule is CCCNc1nc(-c2ccncc2)nc2sc(C)c(C)c12. The number of nitrogens with zero attached hydrogens (tertiary/aromatic N) is 3. The minimum absolute atomic E-state index is 0.754. The highest BCUT2D eigenvalue weighted by Crippen LogP contribution is 2.34. The number of rotatable bonds is 4. The largest absolute Gasteiger partial charge is 0.369 e. The summed E-state index contributed by atoms with van der Waals surface area (Å²) in [5, 5.41) is 4.60. The molecule has 3 heterocycles. The summed E-state index contributed by atoms with van der Waals surface area (Å²) in [5.74, 6) is 1.69. The number of hydrogen-bond acceptors (Lipinski definition) is 5. The molecule has 0 fully saturated rings. The predicted octanol–water partition coefficient (Wildman–Crippen LogP) is 4.19. The molecule has 0 bridgehead atoms. The third-order valence-electron chi connectivity index (χ3n) is 3.51. The van der Waals surface area contributed by atoms with Crippen molar-refractivity contribution in [3.8, 4) is 11.4 Å². The first-order valence-corrected chi connectivity index (χ1v) is 7.94. The minimum atomic E-state index is 0.754. The fraction of sp³-hybridized carbons (Fsp3) is 0.312. The van der Waals surface area contributed by atoms with Gasteiger partial charge < -0.3 is 5.32 Å². The highest BCUT2D eigenvalue weighted by Gasteiger charge is 2.15. The van der Waals surface area contributed by atoms with Crippen LogP contribution in [0, 0.1) is 13.8 Å². The fourth-order valence-corrected chi connectivity index (χ4v) is 3.28. The number of pyridine rings is 1. The Bertz CT molecular complexity index is 765. The molecule has 0 saturated heterocycles. The third-order valence-corrected chi connectivity index (χ3v) is 4.61. The summed E-state index contributed by atoms with van der Waals surface area (Å²) in [6, 6.07) is 3.89. The second-order valence-corrected chi connectivity index (χ2v) is 6.23. The van der Waals surface area contributed by atoms with E-state index < -0.39 is 0 Å². The van der Waals surface area contributed by atoms with E-state index in [9.17, 15) is 0 Å². The average molecular weight is 298 g/mol. The van der Waals surface area contributed by atoms with Gasteiger partial charge in [0.25, 0.3) is 0 Å². The topological polar surface area (TPSA) is 50.7 Å². The van der Waals surface area contributed by atoms with Crippen LogP contribution in [0.5, 0.6) is 0 Å². The normalized spacial score (nSPS) is 11.0. The molecule has 0 radical (unpaired) electrons. The molecule has 0 atom stereocenters. The molecule has 0 aliphatic heterocycles. The lowest BCUT2D eigenvalue weighted by atomic mass is 10.2. The van der Waals surface area contributed by atoms with Crippen LogP contribution >= 0.6 is 11.3 Å². The first kappa shape index (κ1) is 13.9. The highest BCUT2D eigenvalue weighted by molar-refractivity contribution is 7.18. The molecule has 0 saturated carbocycles. The Morgan fingerprint density at radius 3 is 2.62 bits per heavy atom. The summed E-state index contributed by atoms with van der Waals surface area (Å²) in [6.07, 6.45) is 4.61. The molecule has 3 aromatic heterocycles. The van der Waals surface area contributed by atoms with Gasteiger partial charge in [0.1, 0.15) is 10.6 Å². The molecule has 3 aromatic rings. The Labute approximate surface area is 128 Å². The molecule has 5 heteroatoms. The molecule has 0 aromatic carbocycles. The van der Waals surface area contributed by atoms with Gasteiger partial charge in [0, 0.05) is 29.4 Å². The summed E-state index contributed by atoms with van der Waals surface area (Å²) in [4.78, 5) is 15.9. The Hall–Kier alpha value is -2.01. The van der Waals surface area contributed by atoms with Crippen LogP contribution in [0.15, 0.2) is 24.5 Å². The highest BCUT2D eigenvalue weighted by atomic mass is 32.1. The van der Waals surface area contributed by atoms with Gasteiger partial charge in [-0.05, 0) is 38.0 Å². The van der Waals surface area contributed by atoms with Gasteiger partial charge in [-0.15, -0.1) is 11.3 Å². The first-order valence-electron chi connectivity index (χ1n) is 7.12. The number of aryl methyl sites for hydroxylation is 2. The van der Waals surface area contributed by atoms with E-state index in [1.54, 1.807) is 23.7 Å². The monoisotopic (exact) mass is 298 g/mol. The maximum Gasteiger partial charge on any atom is 0.163 e. The molecule has 108 valence electrons. The van der Waals surface area contributed by atoms with E-state index in [0.29, 0.717) is 0 Å². The number of aromatic nitrogens is 3. The molecule has 0 amide bonds. The summed E-state index contributed by atoms with van der Waals surface area (Å²) >= 11 is 1.73. The molecule has 0 aliphatic carbocycles. The van der Waals surface area contributed by atoms with E-state index in [1.807, 2.05) is 12.1 Å². The van der Waals surface area contributed by atoms with Gasteiger partial charge in [-0.25, -0.2) is 9.97 Å². The summed E-state index contributed by atoms with van der Waals surface area (Å²) in [7, 11) is 0. The Balaban J connectivity index is 2.20. The van der Waals surface area contributed by atoms with Gasteiger partial charge >= 0.3 is 0 Å². The predicted molar refractivity (Wildman–Crippen MR) is 88.9 cm³/mol. The van der Waals surface area contributed by atoms with E-state index >= 15 is 0 Å². The summed E-state index contributed by atoms with van der Waals surface area (Å²) in [5.41, 5.74) is 2.27. The second-order valence-electron chi connectivity index (χ2n) is 5.02. The number of fused-ring (bicyclic) bond motifs is 1. The van der Waals surface area contributed by atoms with Crippen LogP contribution in [0.1, 0.15) is 23.8 Å². The van der Waals surface area contributed by atoms with Crippen molar-refractivity contribution in [2.75, 3.05) is 11.9 Å². The molecule has 0 unspecified atom stereocenters. The summed E-state index contributed by atoms with van der Waals surface area (Å²) < 4.78 is 0. The van der Waals surface area contributed by atoms with Gasteiger partial charge in [0.05, 0.1) is 5.39 Å². The van der Waals surface area contributed by atoms with Gasteiger partial charge in [-0.3, -0.25) is 4.98 Å². The Morgan fingerprint density at radius 1 is 1.14 bits per heavy atom. The van der Waals surface area contributed by atoms with Crippen LogP contribution in [0.3, 0.4) is 0 Å². The Morgan fingerprint density at radius 2 is 1.90 bits per heavy atom. The van der Waals surface area contributed by atoms with Crippen molar-refractivity contribution in [3.63, 3.8) is 0 Å². The van der Waals surface area contributed by atoms with Crippen molar-refractivity contribution in [1.29, 1.82) is 0 Å². The van der Waals surface area contributed by atoms with Crippen molar-refractivity contribution in [2.45, 2.75) is 27.2 Å². The Kier molecular flexibility index (Phi) is 3.84. The second kappa shape index (κ2) is 5.77. The van der Waals surface area contributed by atoms with Crippen LogP contribution in [0.25, 0.3) is 21.6 Å². The van der Waals surface area contributed by atoms with Gasteiger partial charge in [0.15, 0.2) is 5.82 Å². The van der Waals surface area contributed by atoms with Crippen LogP contribution in [0.4, 0.5) is 5.82 Å². The fourth-order valence-electron chi connectivity index (χ4n) is 2.25. The number of thiophene rings is 1. The third kappa shape index (κ3) is 2.61. The average Bonchev–Trinajstić information content (AvgIpc) is 2.80. The molecule has 1 N–H and O–H groups in total. The lowest BCUT2D eigenvalue weighted by Crippen LogP contribution is -2.04. The van der Waals surface area contributed by atoms with Crippen LogP contribution < -0.4 is 5.32 Å². The van der Waals surface area contributed by atoms with Crippen LogP contribution in [0.2, 0.25) is 0 Å². The lowest BCUT2D eigenvalue weighted by molar-refractivity contribution is 0.970. The van der Waals surface area contributed by atoms with Crippen LogP contribution in [-0.2, 0) is 0 Å². The van der Waals surface area contributed by atoms with Gasteiger partial charge in [0.2, 0.25) is 0 Å². The van der Waals surface area contributed by atoms with E-state index in [1.165, 1.54) is 10.4 Å².